The van der Waals surface area contributed by atoms with Crippen molar-refractivity contribution < 1.29 is 29.9 Å². The van der Waals surface area contributed by atoms with Crippen molar-refractivity contribution in [3.8, 4) is 0 Å². The van der Waals surface area contributed by atoms with Gasteiger partial charge in [0.25, 0.3) is 0 Å². The molecular weight excluding hydrogens is 568 g/mol. The molecule has 8 unspecified atom stereocenters. The first-order valence-electron chi connectivity index (χ1n) is 5.82. The number of alkyl halides is 4. The van der Waals surface area contributed by atoms with Gasteiger partial charge >= 0.3 is 0 Å². The minimum atomic E-state index is -0.864. The third kappa shape index (κ3) is 16.6. The van der Waals surface area contributed by atoms with Crippen LogP contribution in [0.25, 0.3) is 0 Å². The van der Waals surface area contributed by atoms with Crippen LogP contribution in [-0.4, -0.2) is 46.9 Å². The zero-order chi connectivity index (χ0) is 18.0. The molecule has 1 radical (unpaired) electrons. The van der Waals surface area contributed by atoms with Crippen molar-refractivity contribution in [1.82, 2.24) is 0 Å². The largest absolute Gasteiger partial charge is 0.340 e. The minimum Gasteiger partial charge on any atom is -0.340 e. The van der Waals surface area contributed by atoms with Gasteiger partial charge < -0.3 is 55.3 Å². The quantitative estimate of drug-likeness (QED) is 0.0823. The molecule has 0 aliphatic heterocycles. The van der Waals surface area contributed by atoms with E-state index in [-0.39, 0.29) is 20.4 Å². The summed E-state index contributed by atoms with van der Waals surface area (Å²) in [6.45, 7) is 0. The van der Waals surface area contributed by atoms with Crippen LogP contribution in [0.2, 0.25) is 0 Å². The molecule has 143 valence electrons. The van der Waals surface area contributed by atoms with Crippen LogP contribution in [0.1, 0.15) is 0 Å². The predicted molar refractivity (Wildman–Crippen MR) is 89.4 cm³/mol. The molecular formula is C8H24Cl4N8O2Re. The maximum absolute atomic E-state index is 5.37. The molecule has 15 heteroatoms. The Kier molecular flexibility index (Phi) is 19.9. The second-order valence-corrected chi connectivity index (χ2v) is 5.92. The van der Waals surface area contributed by atoms with E-state index in [1.165, 1.54) is 0 Å². The average molecular weight is 592 g/mol. The Bertz CT molecular complexity index is 232. The fourth-order valence-electron chi connectivity index (χ4n) is 0.663. The van der Waals surface area contributed by atoms with Crippen LogP contribution in [0, 0.1) is 0 Å². The van der Waals surface area contributed by atoms with Gasteiger partial charge in [-0.1, -0.05) is 0 Å². The predicted octanol–water partition coefficient (Wildman–Crippen LogP) is -2.76. The summed E-state index contributed by atoms with van der Waals surface area (Å²) >= 11 is 21.5. The van der Waals surface area contributed by atoms with E-state index in [1.807, 2.05) is 0 Å². The first-order valence-corrected chi connectivity index (χ1v) is 7.56. The standard InChI is InChI=1S/2C4H12Cl2N4O.Re/c2*5-1(7)3(9)11-4(10)2(6)8;/h2*1-4H,7-10H2;. The summed E-state index contributed by atoms with van der Waals surface area (Å²) in [5.41, 5.74) is 38.5. The molecule has 0 heterocycles. The molecule has 0 aromatic carbocycles. The van der Waals surface area contributed by atoms with E-state index in [9.17, 15) is 0 Å². The van der Waals surface area contributed by atoms with E-state index in [2.05, 4.69) is 0 Å². The second kappa shape index (κ2) is 15.7. The Labute approximate surface area is 168 Å². The summed E-state index contributed by atoms with van der Waals surface area (Å²) in [6.07, 6.45) is -3.46. The molecule has 0 aliphatic carbocycles. The molecule has 10 nitrogen and oxygen atoms in total. The third-order valence-corrected chi connectivity index (χ3v) is 2.88. The Morgan fingerprint density at radius 2 is 0.565 bits per heavy atom. The number of hydrogen-bond donors (Lipinski definition) is 8. The van der Waals surface area contributed by atoms with Crippen molar-refractivity contribution in [2.24, 2.45) is 45.9 Å². The Balaban J connectivity index is -0.000000333. The molecule has 16 N–H and O–H groups in total. The number of nitrogens with two attached hydrogens (primary N) is 8. The van der Waals surface area contributed by atoms with Crippen LogP contribution in [0.5, 0.6) is 0 Å². The maximum atomic E-state index is 5.37. The Hall–Kier alpha value is 1.42. The van der Waals surface area contributed by atoms with E-state index < -0.39 is 46.9 Å². The van der Waals surface area contributed by atoms with Crippen molar-refractivity contribution in [2.75, 3.05) is 0 Å². The molecule has 0 rings (SSSR count). The molecule has 0 aliphatic rings. The van der Waals surface area contributed by atoms with Crippen molar-refractivity contribution in [3.05, 3.63) is 0 Å². The second-order valence-electron chi connectivity index (χ2n) is 3.91. The molecule has 0 bridgehead atoms. The van der Waals surface area contributed by atoms with E-state index in [4.69, 9.17) is 102 Å². The van der Waals surface area contributed by atoms with Gasteiger partial charge in [-0.25, -0.2) is 0 Å². The van der Waals surface area contributed by atoms with Gasteiger partial charge in [-0.05, 0) is 0 Å². The van der Waals surface area contributed by atoms with Gasteiger partial charge in [0.2, 0.25) is 0 Å². The zero-order valence-corrected chi connectivity index (χ0v) is 17.7. The fraction of sp³-hybridized carbons (Fsp3) is 1.00. The topological polar surface area (TPSA) is 227 Å². The average Bonchev–Trinajstić information content (AvgIpc) is 2.38. The smallest absolute Gasteiger partial charge is 0.137 e. The van der Waals surface area contributed by atoms with Crippen LogP contribution >= 0.6 is 46.4 Å². The van der Waals surface area contributed by atoms with Crippen LogP contribution in [0.15, 0.2) is 0 Å². The SMILES string of the molecule is NC(Cl)C(N)OC(N)C(N)Cl.NC(Cl)C(N)OC(N)C(N)Cl.[Re]. The monoisotopic (exact) mass is 591 g/mol. The van der Waals surface area contributed by atoms with E-state index >= 15 is 0 Å². The normalized spacial score (nSPS) is 21.4. The summed E-state index contributed by atoms with van der Waals surface area (Å²) in [6, 6.07) is 0. The van der Waals surface area contributed by atoms with Gasteiger partial charge in [0.15, 0.2) is 0 Å². The molecule has 8 atom stereocenters. The Morgan fingerprint density at radius 1 is 0.435 bits per heavy atom. The third-order valence-electron chi connectivity index (χ3n) is 1.88. The summed E-state index contributed by atoms with van der Waals surface area (Å²) in [5.74, 6) is 0. The number of rotatable bonds is 8. The summed E-state index contributed by atoms with van der Waals surface area (Å²) in [5, 5.41) is 0. The summed E-state index contributed by atoms with van der Waals surface area (Å²) in [4.78, 5) is 0. The van der Waals surface area contributed by atoms with Crippen molar-refractivity contribution in [3.63, 3.8) is 0 Å². The van der Waals surface area contributed by atoms with Gasteiger partial charge in [-0.3, -0.25) is 0 Å². The molecule has 23 heavy (non-hydrogen) atoms. The van der Waals surface area contributed by atoms with Crippen LogP contribution in [-0.2, 0) is 29.9 Å². The van der Waals surface area contributed by atoms with Crippen molar-refractivity contribution in [1.29, 1.82) is 0 Å². The maximum Gasteiger partial charge on any atom is 0.137 e. The molecule has 0 saturated carbocycles. The Morgan fingerprint density at radius 3 is 0.652 bits per heavy atom. The molecule has 0 fully saturated rings. The van der Waals surface area contributed by atoms with Crippen molar-refractivity contribution >= 4 is 46.4 Å². The van der Waals surface area contributed by atoms with Crippen molar-refractivity contribution in [2.45, 2.75) is 46.9 Å². The van der Waals surface area contributed by atoms with Crippen LogP contribution < -0.4 is 45.9 Å². The van der Waals surface area contributed by atoms with E-state index in [1.54, 1.807) is 0 Å². The molecule has 0 saturated heterocycles. The van der Waals surface area contributed by atoms with E-state index in [0.717, 1.165) is 0 Å². The molecule has 0 aromatic rings. The zero-order valence-electron chi connectivity index (χ0n) is 11.9. The van der Waals surface area contributed by atoms with Gasteiger partial charge in [-0.2, -0.15) is 0 Å². The first-order chi connectivity index (χ1) is 9.89. The molecule has 0 aromatic heterocycles. The number of hydrogen-bond acceptors (Lipinski definition) is 10. The molecule has 0 spiro atoms. The van der Waals surface area contributed by atoms with Crippen LogP contribution in [0.4, 0.5) is 0 Å². The van der Waals surface area contributed by atoms with Gasteiger partial charge in [-0.15, -0.1) is 46.4 Å². The first kappa shape index (κ1) is 29.2. The number of halogens is 4. The van der Waals surface area contributed by atoms with Gasteiger partial charge in [0.1, 0.15) is 46.9 Å². The summed E-state index contributed by atoms with van der Waals surface area (Å²) in [7, 11) is 0. The fourth-order valence-corrected chi connectivity index (χ4v) is 0.901. The van der Waals surface area contributed by atoms with Gasteiger partial charge in [0.05, 0.1) is 0 Å². The van der Waals surface area contributed by atoms with E-state index in [0.29, 0.717) is 0 Å². The van der Waals surface area contributed by atoms with Gasteiger partial charge in [0, 0.05) is 20.4 Å². The minimum absolute atomic E-state index is 0. The number of ether oxygens (including phenoxy) is 2. The van der Waals surface area contributed by atoms with Crippen LogP contribution in [0.3, 0.4) is 0 Å². The molecule has 0 amide bonds. The summed E-state index contributed by atoms with van der Waals surface area (Å²) < 4.78 is 9.63.